The van der Waals surface area contributed by atoms with E-state index in [-0.39, 0.29) is 23.0 Å². The second kappa shape index (κ2) is 6.59. The van der Waals surface area contributed by atoms with Crippen LogP contribution in [0.25, 0.3) is 10.9 Å². The van der Waals surface area contributed by atoms with Crippen molar-refractivity contribution in [2.24, 2.45) is 0 Å². The number of methoxy groups -OCH3 is 1. The van der Waals surface area contributed by atoms with Gasteiger partial charge in [0.2, 0.25) is 0 Å². The van der Waals surface area contributed by atoms with Gasteiger partial charge in [-0.05, 0) is 12.8 Å². The van der Waals surface area contributed by atoms with Gasteiger partial charge in [-0.25, -0.2) is 18.0 Å². The summed E-state index contributed by atoms with van der Waals surface area (Å²) in [5, 5.41) is 2.59. The Balaban J connectivity index is 2.18. The quantitative estimate of drug-likeness (QED) is 0.836. The van der Waals surface area contributed by atoms with Crippen LogP contribution in [0.15, 0.2) is 9.59 Å². The van der Waals surface area contributed by atoms with E-state index in [4.69, 9.17) is 4.74 Å². The van der Waals surface area contributed by atoms with E-state index in [1.165, 1.54) is 11.7 Å². The van der Waals surface area contributed by atoms with Gasteiger partial charge in [0.1, 0.15) is 11.2 Å². The van der Waals surface area contributed by atoms with Gasteiger partial charge in [0.25, 0.3) is 12.0 Å². The van der Waals surface area contributed by atoms with E-state index in [9.17, 15) is 18.4 Å². The van der Waals surface area contributed by atoms with E-state index in [2.05, 4.69) is 5.32 Å². The molecule has 1 aliphatic carbocycles. The van der Waals surface area contributed by atoms with Crippen molar-refractivity contribution in [1.29, 1.82) is 0 Å². The lowest BCUT2D eigenvalue weighted by Gasteiger charge is -2.32. The van der Waals surface area contributed by atoms with E-state index in [0.717, 1.165) is 0 Å². The standard InChI is InChI=1S/C17H19F3N4O3/c1-27-14-12-10(16(25)22-17(26)24(12)8-2-3-8)9(15(19)20)11(18)13(14)23-6-4-21-5-7-23/h8,15,21H,2-7H2,1H3,(H,22,25,26). The van der Waals surface area contributed by atoms with Crippen molar-refractivity contribution in [3.05, 3.63) is 32.2 Å². The lowest BCUT2D eigenvalue weighted by molar-refractivity contribution is 0.148. The molecule has 1 aromatic carbocycles. The largest absolute Gasteiger partial charge is 0.492 e. The molecule has 0 unspecified atom stereocenters. The summed E-state index contributed by atoms with van der Waals surface area (Å²) in [7, 11) is 1.28. The monoisotopic (exact) mass is 384 g/mol. The minimum absolute atomic E-state index is 0.0519. The van der Waals surface area contributed by atoms with Gasteiger partial charge in [-0.2, -0.15) is 0 Å². The summed E-state index contributed by atoms with van der Waals surface area (Å²) in [4.78, 5) is 28.4. The Morgan fingerprint density at radius 1 is 1.19 bits per heavy atom. The Bertz CT molecular complexity index is 1010. The molecule has 0 spiro atoms. The molecular formula is C17H19F3N4O3. The number of rotatable bonds is 4. The van der Waals surface area contributed by atoms with Gasteiger partial charge in [0, 0.05) is 32.2 Å². The number of halogens is 3. The maximum atomic E-state index is 15.3. The Hall–Kier alpha value is -2.49. The van der Waals surface area contributed by atoms with Crippen LogP contribution in [0, 0.1) is 5.82 Å². The molecule has 0 radical (unpaired) electrons. The van der Waals surface area contributed by atoms with Crippen LogP contribution in [0.2, 0.25) is 0 Å². The number of nitrogens with one attached hydrogen (secondary N) is 2. The summed E-state index contributed by atoms with van der Waals surface area (Å²) in [6.07, 6.45) is -1.87. The molecule has 10 heteroatoms. The van der Waals surface area contributed by atoms with Crippen molar-refractivity contribution in [3.8, 4) is 5.75 Å². The minimum Gasteiger partial charge on any atom is -0.492 e. The topological polar surface area (TPSA) is 79.4 Å². The summed E-state index contributed by atoms with van der Waals surface area (Å²) in [6.45, 7) is 1.88. The Morgan fingerprint density at radius 3 is 2.41 bits per heavy atom. The molecule has 2 N–H and O–H groups in total. The molecule has 1 saturated carbocycles. The van der Waals surface area contributed by atoms with Crippen molar-refractivity contribution in [2.75, 3.05) is 38.2 Å². The van der Waals surface area contributed by atoms with Crippen molar-refractivity contribution in [3.63, 3.8) is 0 Å². The fraction of sp³-hybridized carbons (Fsp3) is 0.529. The molecule has 0 bridgehead atoms. The number of benzene rings is 1. The number of hydrogen-bond acceptors (Lipinski definition) is 5. The number of ether oxygens (including phenoxy) is 1. The van der Waals surface area contributed by atoms with Crippen LogP contribution < -0.4 is 26.2 Å². The van der Waals surface area contributed by atoms with Gasteiger partial charge in [-0.3, -0.25) is 14.3 Å². The highest BCUT2D eigenvalue weighted by Crippen LogP contribution is 2.45. The smallest absolute Gasteiger partial charge is 0.329 e. The Labute approximate surface area is 151 Å². The predicted octanol–water partition coefficient (Wildman–Crippen LogP) is 1.52. The maximum Gasteiger partial charge on any atom is 0.329 e. The SMILES string of the molecule is COc1c(N2CCNCC2)c(F)c(C(F)F)c2c(=O)[nH]c(=O)n(C3CC3)c12. The lowest BCUT2D eigenvalue weighted by atomic mass is 10.0. The number of fused-ring (bicyclic) bond motifs is 1. The summed E-state index contributed by atoms with van der Waals surface area (Å²) in [6, 6.07) is -0.224. The molecule has 146 valence electrons. The van der Waals surface area contributed by atoms with E-state index in [1.807, 2.05) is 4.98 Å². The maximum absolute atomic E-state index is 15.3. The second-order valence-corrected chi connectivity index (χ2v) is 6.73. The fourth-order valence-corrected chi connectivity index (χ4v) is 3.72. The highest BCUT2D eigenvalue weighted by molar-refractivity contribution is 5.94. The zero-order valence-corrected chi connectivity index (χ0v) is 14.7. The molecule has 1 saturated heterocycles. The van der Waals surface area contributed by atoms with Gasteiger partial charge in [0.15, 0.2) is 11.6 Å². The van der Waals surface area contributed by atoms with Crippen LogP contribution in [0.3, 0.4) is 0 Å². The molecular weight excluding hydrogens is 365 g/mol. The van der Waals surface area contributed by atoms with Crippen LogP contribution in [-0.2, 0) is 0 Å². The van der Waals surface area contributed by atoms with E-state index in [0.29, 0.717) is 39.0 Å². The summed E-state index contributed by atoms with van der Waals surface area (Å²) < 4.78 is 49.5. The third-order valence-electron chi connectivity index (χ3n) is 5.06. The molecule has 27 heavy (non-hydrogen) atoms. The lowest BCUT2D eigenvalue weighted by Crippen LogP contribution is -2.44. The number of anilines is 1. The third kappa shape index (κ3) is 2.78. The van der Waals surface area contributed by atoms with Gasteiger partial charge in [0.05, 0.1) is 18.1 Å². The molecule has 4 rings (SSSR count). The first kappa shape index (κ1) is 17.9. The molecule has 0 amide bonds. The first-order valence-corrected chi connectivity index (χ1v) is 8.77. The third-order valence-corrected chi connectivity index (χ3v) is 5.06. The van der Waals surface area contributed by atoms with Crippen LogP contribution in [0.4, 0.5) is 18.9 Å². The molecule has 2 fully saturated rings. The zero-order chi connectivity index (χ0) is 19.3. The molecule has 2 aromatic rings. The number of piperazine rings is 1. The molecule has 7 nitrogen and oxygen atoms in total. The molecule has 2 heterocycles. The van der Waals surface area contributed by atoms with Crippen molar-refractivity contribution in [2.45, 2.75) is 25.3 Å². The van der Waals surface area contributed by atoms with E-state index >= 15 is 4.39 Å². The van der Waals surface area contributed by atoms with E-state index < -0.39 is 34.4 Å². The second-order valence-electron chi connectivity index (χ2n) is 6.73. The minimum atomic E-state index is -3.22. The van der Waals surface area contributed by atoms with Crippen molar-refractivity contribution < 1.29 is 17.9 Å². The number of nitrogens with zero attached hydrogens (tertiary/aromatic N) is 2. The molecule has 1 aliphatic heterocycles. The average Bonchev–Trinajstić information content (AvgIpc) is 3.46. The van der Waals surface area contributed by atoms with Gasteiger partial charge in [-0.15, -0.1) is 0 Å². The number of aromatic nitrogens is 2. The van der Waals surface area contributed by atoms with Crippen LogP contribution in [-0.4, -0.2) is 42.8 Å². The molecule has 2 aliphatic rings. The fourth-order valence-electron chi connectivity index (χ4n) is 3.72. The first-order chi connectivity index (χ1) is 13.0. The summed E-state index contributed by atoms with van der Waals surface area (Å²) in [5.41, 5.74) is -2.91. The number of H-pyrrole nitrogens is 1. The number of aromatic amines is 1. The summed E-state index contributed by atoms with van der Waals surface area (Å²) >= 11 is 0. The highest BCUT2D eigenvalue weighted by Gasteiger charge is 2.35. The molecule has 1 aromatic heterocycles. The van der Waals surface area contributed by atoms with Crippen molar-refractivity contribution in [1.82, 2.24) is 14.9 Å². The first-order valence-electron chi connectivity index (χ1n) is 8.77. The van der Waals surface area contributed by atoms with Gasteiger partial charge < -0.3 is 15.0 Å². The van der Waals surface area contributed by atoms with Crippen molar-refractivity contribution >= 4 is 16.6 Å². The van der Waals surface area contributed by atoms with Crippen LogP contribution in [0.1, 0.15) is 30.9 Å². The number of hydrogen-bond donors (Lipinski definition) is 2. The van der Waals surface area contributed by atoms with Crippen LogP contribution in [0.5, 0.6) is 5.75 Å². The van der Waals surface area contributed by atoms with Gasteiger partial charge in [-0.1, -0.05) is 0 Å². The van der Waals surface area contributed by atoms with E-state index in [1.54, 1.807) is 4.90 Å². The molecule has 0 atom stereocenters. The zero-order valence-electron chi connectivity index (χ0n) is 14.7. The normalized spacial score (nSPS) is 17.7. The highest BCUT2D eigenvalue weighted by atomic mass is 19.3. The Kier molecular flexibility index (Phi) is 4.37. The Morgan fingerprint density at radius 2 is 1.85 bits per heavy atom. The van der Waals surface area contributed by atoms with Crippen LogP contribution >= 0.6 is 0 Å². The number of alkyl halides is 2. The average molecular weight is 384 g/mol. The van der Waals surface area contributed by atoms with Gasteiger partial charge >= 0.3 is 5.69 Å². The summed E-state index contributed by atoms with van der Waals surface area (Å²) in [5.74, 6) is -1.23. The predicted molar refractivity (Wildman–Crippen MR) is 93.6 cm³/mol.